The summed E-state index contributed by atoms with van der Waals surface area (Å²) in [5.41, 5.74) is 1.25. The predicted octanol–water partition coefficient (Wildman–Crippen LogP) is 1.71. The van der Waals surface area contributed by atoms with Crippen molar-refractivity contribution in [1.29, 1.82) is 0 Å². The monoisotopic (exact) mass is 232 g/mol. The fourth-order valence-corrected chi connectivity index (χ4v) is 2.39. The number of rotatable bonds is 3. The normalized spacial score (nSPS) is 18.6. The Balaban J connectivity index is 1.54. The summed E-state index contributed by atoms with van der Waals surface area (Å²) in [6, 6.07) is 2.54. The van der Waals surface area contributed by atoms with Crippen LogP contribution in [0.25, 0.3) is 0 Å². The van der Waals surface area contributed by atoms with E-state index in [1.54, 1.807) is 12.5 Å². The maximum Gasteiger partial charge on any atom is 0.0947 e. The molecule has 0 N–H and O–H groups in total. The lowest BCUT2D eigenvalue weighted by atomic mass is 10.0. The molecular weight excluding hydrogens is 216 g/mol. The third-order valence-corrected chi connectivity index (χ3v) is 3.36. The van der Waals surface area contributed by atoms with Crippen molar-refractivity contribution < 1.29 is 4.42 Å². The lowest BCUT2D eigenvalue weighted by Crippen LogP contribution is -2.34. The highest BCUT2D eigenvalue weighted by Crippen LogP contribution is 2.22. The second-order valence-corrected chi connectivity index (χ2v) is 4.52. The van der Waals surface area contributed by atoms with Crippen molar-refractivity contribution in [2.24, 2.45) is 0 Å². The zero-order valence-electron chi connectivity index (χ0n) is 9.70. The van der Waals surface area contributed by atoms with Crippen LogP contribution >= 0.6 is 0 Å². The van der Waals surface area contributed by atoms with Crippen molar-refractivity contribution in [3.8, 4) is 0 Å². The van der Waals surface area contributed by atoms with E-state index < -0.39 is 0 Å². The van der Waals surface area contributed by atoms with Gasteiger partial charge in [0, 0.05) is 31.4 Å². The number of hydrogen-bond acceptors (Lipinski definition) is 4. The topological polar surface area (TPSA) is 47.1 Å². The third-order valence-electron chi connectivity index (χ3n) is 3.36. The zero-order valence-corrected chi connectivity index (χ0v) is 9.70. The summed E-state index contributed by atoms with van der Waals surface area (Å²) in [6.07, 6.45) is 9.54. The van der Waals surface area contributed by atoms with Gasteiger partial charge in [-0.25, -0.2) is 4.68 Å². The molecule has 2 aromatic heterocycles. The Kier molecular flexibility index (Phi) is 2.92. The molecule has 1 aliphatic rings. The molecule has 17 heavy (non-hydrogen) atoms. The molecule has 0 unspecified atom stereocenters. The second kappa shape index (κ2) is 4.71. The van der Waals surface area contributed by atoms with Crippen LogP contribution < -0.4 is 0 Å². The van der Waals surface area contributed by atoms with Gasteiger partial charge < -0.3 is 4.42 Å². The van der Waals surface area contributed by atoms with E-state index in [1.807, 2.05) is 23.2 Å². The Hall–Kier alpha value is -1.62. The Labute approximate surface area is 100 Å². The molecular formula is C12H16N4O. The second-order valence-electron chi connectivity index (χ2n) is 4.52. The molecule has 1 fully saturated rings. The first kappa shape index (κ1) is 10.5. The molecule has 3 heterocycles. The Morgan fingerprint density at radius 1 is 1.35 bits per heavy atom. The van der Waals surface area contributed by atoms with Crippen LogP contribution in [0, 0.1) is 0 Å². The first-order valence-corrected chi connectivity index (χ1v) is 6.01. The van der Waals surface area contributed by atoms with E-state index in [0.717, 1.165) is 32.5 Å². The molecule has 3 rings (SSSR count). The highest BCUT2D eigenvalue weighted by Gasteiger charge is 2.20. The van der Waals surface area contributed by atoms with Crippen LogP contribution in [0.2, 0.25) is 0 Å². The van der Waals surface area contributed by atoms with E-state index in [9.17, 15) is 0 Å². The maximum atomic E-state index is 5.09. The summed E-state index contributed by atoms with van der Waals surface area (Å²) >= 11 is 0. The standard InChI is InChI=1S/C12H16N4O/c1-5-15(9-11-3-8-17-10-11)6-2-12(1)16-7-4-13-14-16/h3-4,7-8,10,12H,1-2,5-6,9H2. The summed E-state index contributed by atoms with van der Waals surface area (Å²) in [5, 5.41) is 7.94. The number of furan rings is 1. The van der Waals surface area contributed by atoms with Gasteiger partial charge in [0.2, 0.25) is 0 Å². The molecule has 1 saturated heterocycles. The summed E-state index contributed by atoms with van der Waals surface area (Å²) < 4.78 is 7.07. The minimum absolute atomic E-state index is 0.512. The van der Waals surface area contributed by atoms with Crippen molar-refractivity contribution in [2.45, 2.75) is 25.4 Å². The van der Waals surface area contributed by atoms with Gasteiger partial charge in [-0.05, 0) is 18.9 Å². The molecule has 1 aliphatic heterocycles. The van der Waals surface area contributed by atoms with Crippen LogP contribution in [-0.2, 0) is 6.54 Å². The molecule has 2 aromatic rings. The number of piperidine rings is 1. The first-order valence-electron chi connectivity index (χ1n) is 6.01. The molecule has 0 saturated carbocycles. The van der Waals surface area contributed by atoms with Crippen LogP contribution in [0.4, 0.5) is 0 Å². The van der Waals surface area contributed by atoms with Gasteiger partial charge in [-0.3, -0.25) is 4.90 Å². The van der Waals surface area contributed by atoms with Gasteiger partial charge in [-0.1, -0.05) is 5.21 Å². The number of aromatic nitrogens is 3. The van der Waals surface area contributed by atoms with Crippen molar-refractivity contribution in [3.63, 3.8) is 0 Å². The molecule has 0 atom stereocenters. The van der Waals surface area contributed by atoms with Crippen LogP contribution in [0.15, 0.2) is 35.4 Å². The summed E-state index contributed by atoms with van der Waals surface area (Å²) in [6.45, 7) is 3.20. The number of hydrogen-bond donors (Lipinski definition) is 0. The molecule has 90 valence electrons. The fraction of sp³-hybridized carbons (Fsp3) is 0.500. The van der Waals surface area contributed by atoms with Crippen molar-refractivity contribution in [2.75, 3.05) is 13.1 Å². The molecule has 0 aromatic carbocycles. The third kappa shape index (κ3) is 2.39. The predicted molar refractivity (Wildman–Crippen MR) is 62.3 cm³/mol. The maximum absolute atomic E-state index is 5.09. The lowest BCUT2D eigenvalue weighted by molar-refractivity contribution is 0.172. The molecule has 0 amide bonds. The molecule has 0 spiro atoms. The average Bonchev–Trinajstić information content (AvgIpc) is 3.01. The van der Waals surface area contributed by atoms with E-state index in [2.05, 4.69) is 15.2 Å². The first-order chi connectivity index (χ1) is 8.42. The van der Waals surface area contributed by atoms with Gasteiger partial charge in [-0.2, -0.15) is 0 Å². The largest absolute Gasteiger partial charge is 0.472 e. The van der Waals surface area contributed by atoms with Crippen LogP contribution in [0.5, 0.6) is 0 Å². The van der Waals surface area contributed by atoms with Gasteiger partial charge in [0.15, 0.2) is 0 Å². The van der Waals surface area contributed by atoms with Crippen molar-refractivity contribution >= 4 is 0 Å². The van der Waals surface area contributed by atoms with Crippen LogP contribution in [0.3, 0.4) is 0 Å². The van der Waals surface area contributed by atoms with Gasteiger partial charge in [0.1, 0.15) is 0 Å². The van der Waals surface area contributed by atoms with Gasteiger partial charge in [0.25, 0.3) is 0 Å². The SMILES string of the molecule is c1cn(C2CCN(Cc3ccoc3)CC2)nn1. The average molecular weight is 232 g/mol. The van der Waals surface area contributed by atoms with Crippen molar-refractivity contribution in [1.82, 2.24) is 19.9 Å². The zero-order chi connectivity index (χ0) is 11.5. The molecule has 0 radical (unpaired) electrons. The number of likely N-dealkylation sites (tertiary alicyclic amines) is 1. The van der Waals surface area contributed by atoms with E-state index in [4.69, 9.17) is 4.42 Å². The minimum atomic E-state index is 0.512. The summed E-state index contributed by atoms with van der Waals surface area (Å²) in [4.78, 5) is 2.46. The molecule has 5 nitrogen and oxygen atoms in total. The number of nitrogens with zero attached hydrogens (tertiary/aromatic N) is 4. The summed E-state index contributed by atoms with van der Waals surface area (Å²) in [7, 11) is 0. The highest BCUT2D eigenvalue weighted by molar-refractivity contribution is 5.05. The van der Waals surface area contributed by atoms with E-state index >= 15 is 0 Å². The smallest absolute Gasteiger partial charge is 0.0947 e. The Morgan fingerprint density at radius 2 is 2.24 bits per heavy atom. The van der Waals surface area contributed by atoms with Gasteiger partial charge >= 0.3 is 0 Å². The molecule has 0 bridgehead atoms. The lowest BCUT2D eigenvalue weighted by Gasteiger charge is -2.31. The minimum Gasteiger partial charge on any atom is -0.472 e. The molecule has 5 heteroatoms. The summed E-state index contributed by atoms with van der Waals surface area (Å²) in [5.74, 6) is 0. The fourth-order valence-electron chi connectivity index (χ4n) is 2.39. The van der Waals surface area contributed by atoms with Crippen LogP contribution in [0.1, 0.15) is 24.4 Å². The van der Waals surface area contributed by atoms with Gasteiger partial charge in [-0.15, -0.1) is 5.10 Å². The quantitative estimate of drug-likeness (QED) is 0.808. The van der Waals surface area contributed by atoms with E-state index in [1.165, 1.54) is 5.56 Å². The molecule has 0 aliphatic carbocycles. The Bertz CT molecular complexity index is 429. The van der Waals surface area contributed by atoms with E-state index in [0.29, 0.717) is 6.04 Å². The van der Waals surface area contributed by atoms with E-state index in [-0.39, 0.29) is 0 Å². The highest BCUT2D eigenvalue weighted by atomic mass is 16.3. The Morgan fingerprint density at radius 3 is 2.88 bits per heavy atom. The van der Waals surface area contributed by atoms with Gasteiger partial charge in [0.05, 0.1) is 24.8 Å². The van der Waals surface area contributed by atoms with Crippen molar-refractivity contribution in [3.05, 3.63) is 36.5 Å². The van der Waals surface area contributed by atoms with Crippen LogP contribution in [-0.4, -0.2) is 33.0 Å².